The molecular formula is C20H14N4O6SZn. The van der Waals surface area contributed by atoms with Crippen LogP contribution in [-0.4, -0.2) is 29.9 Å². The van der Waals surface area contributed by atoms with Gasteiger partial charge in [-0.3, -0.25) is 5.43 Å². The van der Waals surface area contributed by atoms with Crippen molar-refractivity contribution in [1.29, 1.82) is 0 Å². The Labute approximate surface area is 195 Å². The second kappa shape index (κ2) is 10.7. The maximum absolute atomic E-state index is 11.3. The van der Waals surface area contributed by atoms with Crippen LogP contribution in [0.15, 0.2) is 93.0 Å². The number of benzene rings is 3. The van der Waals surface area contributed by atoms with Crippen molar-refractivity contribution in [3.05, 3.63) is 83.9 Å². The fourth-order valence-electron chi connectivity index (χ4n) is 2.44. The minimum Gasteiger partial charge on any atom is -0.744 e. The molecule has 0 unspecified atom stereocenters. The van der Waals surface area contributed by atoms with E-state index in [9.17, 15) is 28.0 Å². The van der Waals surface area contributed by atoms with Gasteiger partial charge in [0.15, 0.2) is 0 Å². The van der Waals surface area contributed by atoms with E-state index in [1.807, 2.05) is 0 Å². The Balaban J connectivity index is 0.00000363. The smallest absolute Gasteiger partial charge is 0.744 e. The number of nitrogens with zero attached hydrogens (tertiary/aromatic N) is 3. The molecule has 0 saturated heterocycles. The van der Waals surface area contributed by atoms with Gasteiger partial charge in [-0.25, -0.2) is 8.42 Å². The first-order valence-electron chi connectivity index (χ1n) is 8.66. The maximum Gasteiger partial charge on any atom is 2.00 e. The number of hydrogen-bond donors (Lipinski definition) is 2. The monoisotopic (exact) mass is 502 g/mol. The van der Waals surface area contributed by atoms with Gasteiger partial charge in [0.05, 0.1) is 16.6 Å². The van der Waals surface area contributed by atoms with Gasteiger partial charge in [-0.15, -0.1) is 10.2 Å². The molecule has 0 aromatic heterocycles. The first-order chi connectivity index (χ1) is 14.8. The molecule has 0 radical (unpaired) electrons. The fourth-order valence-corrected chi connectivity index (χ4v) is 2.93. The Morgan fingerprint density at radius 3 is 2.28 bits per heavy atom. The summed E-state index contributed by atoms with van der Waals surface area (Å²) in [7, 11) is -4.76. The average molecular weight is 504 g/mol. The molecule has 3 aromatic carbocycles. The molecule has 0 saturated carbocycles. The van der Waals surface area contributed by atoms with E-state index >= 15 is 0 Å². The minimum atomic E-state index is -4.76. The molecule has 0 atom stereocenters. The van der Waals surface area contributed by atoms with Crippen LogP contribution >= 0.6 is 0 Å². The number of para-hydroxylation sites is 1. The van der Waals surface area contributed by atoms with Crippen LogP contribution in [0.3, 0.4) is 0 Å². The zero-order valence-corrected chi connectivity index (χ0v) is 20.2. The summed E-state index contributed by atoms with van der Waals surface area (Å²) in [5, 5.41) is 33.0. The number of carbonyl (C=O) groups is 1. The van der Waals surface area contributed by atoms with Crippen LogP contribution in [0.4, 0.5) is 11.4 Å². The minimum absolute atomic E-state index is 0. The number of phenolic OH excluding ortho intramolecular Hbond substituents is 1. The number of hydrogen-bond acceptors (Lipinski definition) is 9. The van der Waals surface area contributed by atoms with Gasteiger partial charge < -0.3 is 19.6 Å². The van der Waals surface area contributed by atoms with E-state index in [0.717, 1.165) is 18.2 Å². The first kappa shape index (κ1) is 24.8. The molecule has 0 aliphatic rings. The number of amidine groups is 1. The quantitative estimate of drug-likeness (QED) is 0.130. The summed E-state index contributed by atoms with van der Waals surface area (Å²) >= 11 is 0. The second-order valence-electron chi connectivity index (χ2n) is 6.05. The number of carboxylic acid groups (broad SMARTS) is 1. The van der Waals surface area contributed by atoms with E-state index < -0.39 is 26.7 Å². The molecule has 0 aliphatic heterocycles. The number of nitrogens with one attached hydrogen (secondary N) is 1. The number of carbonyl (C=O) groups excluding carboxylic acids is 1. The van der Waals surface area contributed by atoms with E-state index in [1.165, 1.54) is 18.2 Å². The molecule has 158 valence electrons. The van der Waals surface area contributed by atoms with Gasteiger partial charge in [-0.2, -0.15) is 5.10 Å². The number of azo groups is 1. The number of aromatic carboxylic acids is 1. The van der Waals surface area contributed by atoms with Crippen molar-refractivity contribution in [2.45, 2.75) is 4.90 Å². The van der Waals surface area contributed by atoms with Crippen molar-refractivity contribution in [3.63, 3.8) is 0 Å². The molecular weight excluding hydrogens is 490 g/mol. The first-order valence-corrected chi connectivity index (χ1v) is 10.1. The van der Waals surface area contributed by atoms with Gasteiger partial charge in [-0.1, -0.05) is 48.5 Å². The summed E-state index contributed by atoms with van der Waals surface area (Å²) in [4.78, 5) is 10.7. The molecule has 0 bridgehead atoms. The Morgan fingerprint density at radius 1 is 0.969 bits per heavy atom. The Bertz CT molecular complexity index is 1280. The zero-order valence-electron chi connectivity index (χ0n) is 16.4. The number of aromatic hydroxyl groups is 1. The van der Waals surface area contributed by atoms with Crippen LogP contribution in [0.25, 0.3) is 0 Å². The van der Waals surface area contributed by atoms with Crippen LogP contribution in [0, 0.1) is 0 Å². The van der Waals surface area contributed by atoms with E-state index in [0.29, 0.717) is 5.56 Å². The predicted molar refractivity (Wildman–Crippen MR) is 108 cm³/mol. The standard InChI is InChI=1S/C20H16N4O6S.Zn/c25-18-11-10-14(31(28,29)30)12-17(18)22-24-19(13-6-2-1-3-7-13)23-21-16-9-5-4-8-15(16)20(26)27;/h1-12,21,25H,(H,26,27)(H,28,29,30);/q;+2/p-2. The van der Waals surface area contributed by atoms with Gasteiger partial charge in [0.1, 0.15) is 21.6 Å². The Morgan fingerprint density at radius 2 is 1.62 bits per heavy atom. The second-order valence-corrected chi connectivity index (χ2v) is 7.43. The summed E-state index contributed by atoms with van der Waals surface area (Å²) in [5.41, 5.74) is 2.82. The molecule has 0 amide bonds. The summed E-state index contributed by atoms with van der Waals surface area (Å²) in [5.74, 6) is -1.82. The zero-order chi connectivity index (χ0) is 22.4. The number of anilines is 1. The number of carboxylic acids is 1. The number of hydrazone groups is 1. The van der Waals surface area contributed by atoms with E-state index in [-0.39, 0.29) is 42.3 Å². The third-order valence-corrected chi connectivity index (χ3v) is 4.78. The molecule has 3 rings (SSSR count). The van der Waals surface area contributed by atoms with E-state index in [1.54, 1.807) is 36.4 Å². The van der Waals surface area contributed by atoms with Crippen molar-refractivity contribution in [2.75, 3.05) is 5.43 Å². The van der Waals surface area contributed by atoms with Gasteiger partial charge in [-0.05, 0) is 24.3 Å². The van der Waals surface area contributed by atoms with Crippen LogP contribution in [0.1, 0.15) is 15.9 Å². The molecule has 0 fully saturated rings. The van der Waals surface area contributed by atoms with E-state index in [4.69, 9.17) is 0 Å². The van der Waals surface area contributed by atoms with Gasteiger partial charge >= 0.3 is 19.5 Å². The topological polar surface area (TPSA) is 167 Å². The Kier molecular flexibility index (Phi) is 8.30. The van der Waals surface area contributed by atoms with Gasteiger partial charge in [0.2, 0.25) is 5.84 Å². The van der Waals surface area contributed by atoms with Crippen LogP contribution in [0.2, 0.25) is 0 Å². The molecule has 12 heteroatoms. The van der Waals surface area contributed by atoms with Gasteiger partial charge in [0, 0.05) is 11.1 Å². The number of rotatable bonds is 6. The summed E-state index contributed by atoms with van der Waals surface area (Å²) in [6.07, 6.45) is 0. The van der Waals surface area contributed by atoms with Crippen molar-refractivity contribution in [2.24, 2.45) is 15.3 Å². The molecule has 3 aromatic rings. The van der Waals surface area contributed by atoms with E-state index in [2.05, 4.69) is 20.8 Å². The molecule has 0 aliphatic carbocycles. The summed E-state index contributed by atoms with van der Waals surface area (Å²) in [6.45, 7) is 0. The van der Waals surface area contributed by atoms with Gasteiger partial charge in [0.25, 0.3) is 0 Å². The fraction of sp³-hybridized carbons (Fsp3) is 0. The van der Waals surface area contributed by atoms with Crippen LogP contribution in [-0.2, 0) is 29.6 Å². The number of phenols is 1. The normalized spacial score (nSPS) is 11.7. The van der Waals surface area contributed by atoms with Crippen molar-refractivity contribution >= 4 is 33.3 Å². The molecule has 32 heavy (non-hydrogen) atoms. The third kappa shape index (κ3) is 6.27. The molecule has 10 nitrogen and oxygen atoms in total. The third-order valence-electron chi connectivity index (χ3n) is 3.95. The summed E-state index contributed by atoms with van der Waals surface area (Å²) < 4.78 is 33.6. The van der Waals surface area contributed by atoms with Crippen LogP contribution < -0.4 is 10.5 Å². The molecule has 0 spiro atoms. The molecule has 0 heterocycles. The Hall–Kier alpha value is -3.47. The maximum atomic E-state index is 11.3. The SMILES string of the molecule is O=C([O-])c1ccccc1NN=C(N=Nc1cc(S(=O)(=O)[O-])ccc1O)c1ccccc1.[Zn+2]. The average Bonchev–Trinajstić information content (AvgIpc) is 2.75. The van der Waals surface area contributed by atoms with Crippen molar-refractivity contribution in [1.82, 2.24) is 0 Å². The van der Waals surface area contributed by atoms with Crippen LogP contribution in [0.5, 0.6) is 5.75 Å². The largest absolute Gasteiger partial charge is 2.00 e. The molecule has 2 N–H and O–H groups in total. The summed E-state index contributed by atoms with van der Waals surface area (Å²) in [6, 6.07) is 17.2. The predicted octanol–water partition coefficient (Wildman–Crippen LogP) is 2.21. The van der Waals surface area contributed by atoms with Crippen molar-refractivity contribution in [3.8, 4) is 5.75 Å². The van der Waals surface area contributed by atoms with Crippen molar-refractivity contribution < 1.29 is 47.5 Å².